The second-order valence-electron chi connectivity index (χ2n) is 4.54. The van der Waals surface area contributed by atoms with Crippen LogP contribution >= 0.6 is 11.3 Å². The molecule has 0 spiro atoms. The maximum atomic E-state index is 5.67. The molecule has 1 aromatic rings. The molecule has 0 saturated carbocycles. The smallest absolute Gasteiger partial charge is 0.0931 e. The molecule has 4 heteroatoms. The van der Waals surface area contributed by atoms with Crippen molar-refractivity contribution in [3.8, 4) is 0 Å². The minimum Gasteiger partial charge on any atom is -0.381 e. The van der Waals surface area contributed by atoms with Crippen LogP contribution < -0.4 is 5.32 Å². The fraction of sp³-hybridized carbons (Fsp3) is 0.750. The first-order valence-electron chi connectivity index (χ1n) is 6.01. The highest BCUT2D eigenvalue weighted by molar-refractivity contribution is 7.09. The molecule has 3 nitrogen and oxygen atoms in total. The molecule has 2 rings (SSSR count). The number of ether oxygens (including phenoxy) is 1. The highest BCUT2D eigenvalue weighted by Gasteiger charge is 2.33. The van der Waals surface area contributed by atoms with E-state index in [9.17, 15) is 0 Å². The van der Waals surface area contributed by atoms with Crippen LogP contribution in [-0.4, -0.2) is 31.3 Å². The summed E-state index contributed by atoms with van der Waals surface area (Å²) in [4.78, 5) is 4.40. The fourth-order valence-corrected chi connectivity index (χ4v) is 3.09. The van der Waals surface area contributed by atoms with Gasteiger partial charge in [0, 0.05) is 36.6 Å². The van der Waals surface area contributed by atoms with Gasteiger partial charge in [0.05, 0.1) is 11.6 Å². The van der Waals surface area contributed by atoms with Gasteiger partial charge in [-0.15, -0.1) is 11.3 Å². The SMILES string of the molecule is CCNCC1(Cc2nccs2)CCCOC1. The number of aromatic nitrogens is 1. The maximum Gasteiger partial charge on any atom is 0.0931 e. The van der Waals surface area contributed by atoms with E-state index >= 15 is 0 Å². The van der Waals surface area contributed by atoms with Crippen molar-refractivity contribution in [3.05, 3.63) is 16.6 Å². The summed E-state index contributed by atoms with van der Waals surface area (Å²) in [6.45, 7) is 6.02. The molecule has 90 valence electrons. The number of hydrogen-bond donors (Lipinski definition) is 1. The second kappa shape index (κ2) is 5.75. The van der Waals surface area contributed by atoms with Gasteiger partial charge in [-0.25, -0.2) is 4.98 Å². The minimum absolute atomic E-state index is 0.270. The van der Waals surface area contributed by atoms with Crippen molar-refractivity contribution < 1.29 is 4.74 Å². The lowest BCUT2D eigenvalue weighted by Crippen LogP contribution is -2.42. The van der Waals surface area contributed by atoms with Gasteiger partial charge in [0.2, 0.25) is 0 Å². The minimum atomic E-state index is 0.270. The molecule has 2 heterocycles. The number of hydrogen-bond acceptors (Lipinski definition) is 4. The van der Waals surface area contributed by atoms with E-state index in [-0.39, 0.29) is 5.41 Å². The average Bonchev–Trinajstić information content (AvgIpc) is 2.80. The highest BCUT2D eigenvalue weighted by Crippen LogP contribution is 2.32. The Bertz CT molecular complexity index is 294. The van der Waals surface area contributed by atoms with Gasteiger partial charge in [-0.1, -0.05) is 6.92 Å². The molecule has 1 N–H and O–H groups in total. The van der Waals surface area contributed by atoms with Gasteiger partial charge in [0.1, 0.15) is 0 Å². The van der Waals surface area contributed by atoms with Gasteiger partial charge >= 0.3 is 0 Å². The Morgan fingerprint density at radius 3 is 3.19 bits per heavy atom. The number of thiazole rings is 1. The molecule has 1 fully saturated rings. The van der Waals surface area contributed by atoms with Crippen molar-refractivity contribution in [1.82, 2.24) is 10.3 Å². The first-order valence-corrected chi connectivity index (χ1v) is 6.89. The summed E-state index contributed by atoms with van der Waals surface area (Å²) in [6, 6.07) is 0. The third-order valence-corrected chi connectivity index (χ3v) is 3.94. The van der Waals surface area contributed by atoms with E-state index in [0.717, 1.165) is 32.7 Å². The van der Waals surface area contributed by atoms with Crippen molar-refractivity contribution in [3.63, 3.8) is 0 Å². The van der Waals surface area contributed by atoms with Gasteiger partial charge in [-0.05, 0) is 19.4 Å². The number of nitrogens with one attached hydrogen (secondary N) is 1. The molecule has 16 heavy (non-hydrogen) atoms. The molecule has 0 aliphatic carbocycles. The van der Waals surface area contributed by atoms with E-state index in [4.69, 9.17) is 4.74 Å². The van der Waals surface area contributed by atoms with Crippen LogP contribution in [0.25, 0.3) is 0 Å². The summed E-state index contributed by atoms with van der Waals surface area (Å²) >= 11 is 1.75. The van der Waals surface area contributed by atoms with Gasteiger partial charge in [0.15, 0.2) is 0 Å². The second-order valence-corrected chi connectivity index (χ2v) is 5.52. The Hall–Kier alpha value is -0.450. The summed E-state index contributed by atoms with van der Waals surface area (Å²) in [7, 11) is 0. The first kappa shape index (κ1) is 12.0. The normalized spacial score (nSPS) is 25.8. The molecule has 1 atom stereocenters. The van der Waals surface area contributed by atoms with Crippen molar-refractivity contribution in [2.24, 2.45) is 5.41 Å². The molecule has 1 aromatic heterocycles. The Kier molecular flexibility index (Phi) is 4.32. The first-order chi connectivity index (χ1) is 7.85. The third kappa shape index (κ3) is 3.03. The van der Waals surface area contributed by atoms with E-state index in [2.05, 4.69) is 22.6 Å². The molecule has 0 radical (unpaired) electrons. The van der Waals surface area contributed by atoms with Crippen LogP contribution in [0.2, 0.25) is 0 Å². The molecule has 1 aliphatic rings. The lowest BCUT2D eigenvalue weighted by molar-refractivity contribution is -0.00692. The Balaban J connectivity index is 2.01. The van der Waals surface area contributed by atoms with Crippen LogP contribution in [-0.2, 0) is 11.2 Å². The maximum absolute atomic E-state index is 5.67. The summed E-state index contributed by atoms with van der Waals surface area (Å²) in [6.07, 6.45) is 5.37. The van der Waals surface area contributed by atoms with E-state index in [1.54, 1.807) is 11.3 Å². The lowest BCUT2D eigenvalue weighted by atomic mass is 9.79. The molecule has 1 aliphatic heterocycles. The largest absolute Gasteiger partial charge is 0.381 e. The molecule has 0 aromatic carbocycles. The van der Waals surface area contributed by atoms with Gasteiger partial charge < -0.3 is 10.1 Å². The van der Waals surface area contributed by atoms with Crippen LogP contribution in [0.5, 0.6) is 0 Å². The van der Waals surface area contributed by atoms with Crippen LogP contribution in [0, 0.1) is 5.41 Å². The van der Waals surface area contributed by atoms with E-state index < -0.39 is 0 Å². The fourth-order valence-electron chi connectivity index (χ4n) is 2.30. The van der Waals surface area contributed by atoms with E-state index in [1.807, 2.05) is 6.20 Å². The van der Waals surface area contributed by atoms with Gasteiger partial charge in [0.25, 0.3) is 0 Å². The highest BCUT2D eigenvalue weighted by atomic mass is 32.1. The Morgan fingerprint density at radius 1 is 1.62 bits per heavy atom. The topological polar surface area (TPSA) is 34.2 Å². The van der Waals surface area contributed by atoms with Crippen molar-refractivity contribution in [1.29, 1.82) is 0 Å². The molecule has 0 amide bonds. The number of nitrogens with zero attached hydrogens (tertiary/aromatic N) is 1. The molecule has 0 bridgehead atoms. The molecule has 1 unspecified atom stereocenters. The monoisotopic (exact) mass is 240 g/mol. The zero-order chi connectivity index (χ0) is 11.3. The number of rotatable bonds is 5. The Morgan fingerprint density at radius 2 is 2.56 bits per heavy atom. The van der Waals surface area contributed by atoms with Crippen molar-refractivity contribution in [2.75, 3.05) is 26.3 Å². The molecular formula is C12H20N2OS. The lowest BCUT2D eigenvalue weighted by Gasteiger charge is -2.36. The van der Waals surface area contributed by atoms with E-state index in [0.29, 0.717) is 0 Å². The molecular weight excluding hydrogens is 220 g/mol. The Labute approximate surface area is 101 Å². The molecule has 1 saturated heterocycles. The third-order valence-electron chi connectivity index (χ3n) is 3.16. The van der Waals surface area contributed by atoms with Crippen molar-refractivity contribution in [2.45, 2.75) is 26.2 Å². The average molecular weight is 240 g/mol. The summed E-state index contributed by atoms with van der Waals surface area (Å²) < 4.78 is 5.67. The van der Waals surface area contributed by atoms with Gasteiger partial charge in [-0.2, -0.15) is 0 Å². The predicted molar refractivity (Wildman–Crippen MR) is 66.8 cm³/mol. The quantitative estimate of drug-likeness (QED) is 0.856. The zero-order valence-corrected chi connectivity index (χ0v) is 10.7. The summed E-state index contributed by atoms with van der Waals surface area (Å²) in [5.41, 5.74) is 0.270. The van der Waals surface area contributed by atoms with Gasteiger partial charge in [-0.3, -0.25) is 0 Å². The summed E-state index contributed by atoms with van der Waals surface area (Å²) in [5, 5.41) is 6.76. The zero-order valence-electron chi connectivity index (χ0n) is 9.87. The summed E-state index contributed by atoms with van der Waals surface area (Å²) in [5.74, 6) is 0. The van der Waals surface area contributed by atoms with E-state index in [1.165, 1.54) is 17.8 Å². The van der Waals surface area contributed by atoms with Crippen LogP contribution in [0.15, 0.2) is 11.6 Å². The van der Waals surface area contributed by atoms with Crippen LogP contribution in [0.3, 0.4) is 0 Å². The standard InChI is InChI=1S/C12H20N2OS/c1-2-13-9-12(4-3-6-15-10-12)8-11-14-5-7-16-11/h5,7,13H,2-4,6,8-10H2,1H3. The van der Waals surface area contributed by atoms with Crippen LogP contribution in [0.1, 0.15) is 24.8 Å². The van der Waals surface area contributed by atoms with Crippen molar-refractivity contribution >= 4 is 11.3 Å². The predicted octanol–water partition coefficient (Wildman–Crippen LogP) is 2.09. The van der Waals surface area contributed by atoms with Crippen LogP contribution in [0.4, 0.5) is 0 Å².